The van der Waals surface area contributed by atoms with Crippen molar-refractivity contribution in [2.24, 2.45) is 0 Å². The Kier molecular flexibility index (Phi) is 4.73. The van der Waals surface area contributed by atoms with Gasteiger partial charge in [-0.25, -0.2) is 4.79 Å². The average Bonchev–Trinajstić information content (AvgIpc) is 2.40. The van der Waals surface area contributed by atoms with Gasteiger partial charge < -0.3 is 20.1 Å². The summed E-state index contributed by atoms with van der Waals surface area (Å²) in [4.78, 5) is 14.1. The van der Waals surface area contributed by atoms with Gasteiger partial charge in [0.05, 0.1) is 6.04 Å². The Hall–Kier alpha value is -1.75. The third-order valence-corrected chi connectivity index (χ3v) is 3.39. The van der Waals surface area contributed by atoms with E-state index in [-0.39, 0.29) is 17.9 Å². The molecule has 1 aliphatic rings. The summed E-state index contributed by atoms with van der Waals surface area (Å²) in [5, 5.41) is 12.6. The minimum absolute atomic E-state index is 0.0677. The minimum atomic E-state index is -0.481. The Labute approximate surface area is 125 Å². The number of aromatic hydroxyl groups is 1. The number of benzene rings is 1. The largest absolute Gasteiger partial charge is 0.508 e. The molecule has 1 atom stereocenters. The predicted octanol–water partition coefficient (Wildman–Crippen LogP) is 2.14. The van der Waals surface area contributed by atoms with Crippen molar-refractivity contribution < 1.29 is 14.6 Å². The Morgan fingerprint density at radius 3 is 2.67 bits per heavy atom. The highest BCUT2D eigenvalue weighted by molar-refractivity contribution is 5.68. The van der Waals surface area contributed by atoms with E-state index < -0.39 is 5.60 Å². The van der Waals surface area contributed by atoms with Crippen LogP contribution in [0.5, 0.6) is 5.75 Å². The number of carbonyl (C=O) groups excluding carboxylic acids is 1. The fourth-order valence-corrected chi connectivity index (χ4v) is 2.41. The number of ether oxygens (including phenoxy) is 1. The average molecular weight is 292 g/mol. The number of nitrogens with one attached hydrogen (secondary N) is 1. The predicted molar refractivity (Wildman–Crippen MR) is 81.4 cm³/mol. The molecule has 5 nitrogen and oxygen atoms in total. The number of carbonyl (C=O) groups is 1. The third-order valence-electron chi connectivity index (χ3n) is 3.39. The van der Waals surface area contributed by atoms with Gasteiger partial charge in [0.25, 0.3) is 0 Å². The highest BCUT2D eigenvalue weighted by Crippen LogP contribution is 2.17. The lowest BCUT2D eigenvalue weighted by molar-refractivity contribution is 0.0122. The molecule has 1 aliphatic heterocycles. The smallest absolute Gasteiger partial charge is 0.410 e. The number of amides is 1. The summed E-state index contributed by atoms with van der Waals surface area (Å²) in [5.41, 5.74) is 0.612. The molecule has 21 heavy (non-hydrogen) atoms. The lowest BCUT2D eigenvalue weighted by Crippen LogP contribution is -2.55. The number of hydrogen-bond donors (Lipinski definition) is 2. The third kappa shape index (κ3) is 4.63. The van der Waals surface area contributed by atoms with Crippen LogP contribution < -0.4 is 5.32 Å². The maximum atomic E-state index is 12.3. The van der Waals surface area contributed by atoms with Crippen molar-refractivity contribution in [2.45, 2.75) is 38.8 Å². The molecule has 1 heterocycles. The molecule has 0 aliphatic carbocycles. The lowest BCUT2D eigenvalue weighted by atomic mass is 10.0. The molecule has 0 bridgehead atoms. The molecule has 0 aromatic heterocycles. The zero-order valence-electron chi connectivity index (χ0n) is 12.9. The van der Waals surface area contributed by atoms with Gasteiger partial charge in [-0.2, -0.15) is 0 Å². The van der Waals surface area contributed by atoms with Crippen LogP contribution in [0, 0.1) is 0 Å². The van der Waals surface area contributed by atoms with E-state index >= 15 is 0 Å². The molecule has 1 saturated heterocycles. The number of phenolic OH excluding ortho intramolecular Hbond substituents is 1. The molecule has 1 aromatic carbocycles. The van der Waals surface area contributed by atoms with E-state index in [0.29, 0.717) is 6.54 Å². The van der Waals surface area contributed by atoms with Crippen LogP contribution in [0.1, 0.15) is 26.3 Å². The zero-order valence-corrected chi connectivity index (χ0v) is 12.9. The Morgan fingerprint density at radius 2 is 2.05 bits per heavy atom. The summed E-state index contributed by atoms with van der Waals surface area (Å²) in [6.07, 6.45) is 0.486. The Morgan fingerprint density at radius 1 is 1.38 bits per heavy atom. The molecule has 0 spiro atoms. The number of hydrogen-bond acceptors (Lipinski definition) is 4. The SMILES string of the molecule is CC(C)(C)OC(=O)N1CCNCC1Cc1ccc(O)cc1. The lowest BCUT2D eigenvalue weighted by Gasteiger charge is -2.37. The monoisotopic (exact) mass is 292 g/mol. The summed E-state index contributed by atoms with van der Waals surface area (Å²) >= 11 is 0. The molecule has 0 radical (unpaired) electrons. The second kappa shape index (κ2) is 6.35. The molecular formula is C16H24N2O3. The zero-order chi connectivity index (χ0) is 15.5. The molecule has 1 unspecified atom stereocenters. The number of nitrogens with zero attached hydrogens (tertiary/aromatic N) is 1. The van der Waals surface area contributed by atoms with Gasteiger partial charge >= 0.3 is 6.09 Å². The summed E-state index contributed by atoms with van der Waals surface area (Å²) in [6, 6.07) is 7.18. The van der Waals surface area contributed by atoms with Crippen LogP contribution in [0.2, 0.25) is 0 Å². The summed E-state index contributed by atoms with van der Waals surface area (Å²) < 4.78 is 5.48. The first-order valence-corrected chi connectivity index (χ1v) is 7.33. The van der Waals surface area contributed by atoms with E-state index in [0.717, 1.165) is 25.1 Å². The van der Waals surface area contributed by atoms with Crippen molar-refractivity contribution in [3.8, 4) is 5.75 Å². The maximum absolute atomic E-state index is 12.3. The standard InChI is InChI=1S/C16H24N2O3/c1-16(2,3)21-15(20)18-9-8-17-11-13(18)10-12-4-6-14(19)7-5-12/h4-7,13,17,19H,8-11H2,1-3H3. The van der Waals surface area contributed by atoms with Crippen LogP contribution in [0.4, 0.5) is 4.79 Å². The normalized spacial score (nSPS) is 19.4. The van der Waals surface area contributed by atoms with E-state index in [4.69, 9.17) is 4.74 Å². The first kappa shape index (κ1) is 15.6. The van der Waals surface area contributed by atoms with Crippen molar-refractivity contribution in [3.05, 3.63) is 29.8 Å². The van der Waals surface area contributed by atoms with Crippen molar-refractivity contribution >= 4 is 6.09 Å². The van der Waals surface area contributed by atoms with Gasteiger partial charge in [0.1, 0.15) is 11.4 Å². The topological polar surface area (TPSA) is 61.8 Å². The Bertz CT molecular complexity index is 479. The van der Waals surface area contributed by atoms with E-state index in [2.05, 4.69) is 5.32 Å². The van der Waals surface area contributed by atoms with Crippen LogP contribution in [0.25, 0.3) is 0 Å². The Balaban J connectivity index is 2.04. The van der Waals surface area contributed by atoms with Gasteiger partial charge in [0.15, 0.2) is 0 Å². The minimum Gasteiger partial charge on any atom is -0.508 e. The molecule has 1 fully saturated rings. The van der Waals surface area contributed by atoms with Gasteiger partial charge in [0, 0.05) is 19.6 Å². The molecule has 1 amide bonds. The number of phenols is 1. The second-order valence-electron chi connectivity index (χ2n) is 6.40. The summed E-state index contributed by atoms with van der Waals surface area (Å²) in [7, 11) is 0. The molecule has 116 valence electrons. The molecule has 2 rings (SSSR count). The van der Waals surface area contributed by atoms with Crippen molar-refractivity contribution in [3.63, 3.8) is 0 Å². The van der Waals surface area contributed by atoms with Gasteiger partial charge in [-0.1, -0.05) is 12.1 Å². The highest BCUT2D eigenvalue weighted by Gasteiger charge is 2.30. The quantitative estimate of drug-likeness (QED) is 0.876. The first-order chi connectivity index (χ1) is 9.85. The van der Waals surface area contributed by atoms with E-state index in [1.165, 1.54) is 0 Å². The van der Waals surface area contributed by atoms with Crippen LogP contribution in [0.3, 0.4) is 0 Å². The van der Waals surface area contributed by atoms with Gasteiger partial charge in [-0.3, -0.25) is 0 Å². The van der Waals surface area contributed by atoms with Gasteiger partial charge in [-0.05, 0) is 44.9 Å². The van der Waals surface area contributed by atoms with Gasteiger partial charge in [-0.15, -0.1) is 0 Å². The van der Waals surface area contributed by atoms with E-state index in [9.17, 15) is 9.90 Å². The van der Waals surface area contributed by atoms with Crippen LogP contribution in [-0.4, -0.2) is 47.4 Å². The van der Waals surface area contributed by atoms with Crippen LogP contribution >= 0.6 is 0 Å². The number of rotatable bonds is 2. The van der Waals surface area contributed by atoms with Crippen molar-refractivity contribution in [1.29, 1.82) is 0 Å². The van der Waals surface area contributed by atoms with Gasteiger partial charge in [0.2, 0.25) is 0 Å². The van der Waals surface area contributed by atoms with Crippen molar-refractivity contribution in [2.75, 3.05) is 19.6 Å². The highest BCUT2D eigenvalue weighted by atomic mass is 16.6. The van der Waals surface area contributed by atoms with Crippen LogP contribution in [0.15, 0.2) is 24.3 Å². The molecular weight excluding hydrogens is 268 g/mol. The molecule has 5 heteroatoms. The fourth-order valence-electron chi connectivity index (χ4n) is 2.41. The molecule has 2 N–H and O–H groups in total. The van der Waals surface area contributed by atoms with E-state index in [1.54, 1.807) is 17.0 Å². The molecule has 0 saturated carbocycles. The van der Waals surface area contributed by atoms with Crippen LogP contribution in [-0.2, 0) is 11.2 Å². The second-order valence-corrected chi connectivity index (χ2v) is 6.40. The summed E-state index contributed by atoms with van der Waals surface area (Å²) in [5.74, 6) is 0.254. The van der Waals surface area contributed by atoms with Crippen molar-refractivity contribution in [1.82, 2.24) is 10.2 Å². The fraction of sp³-hybridized carbons (Fsp3) is 0.562. The number of piperazine rings is 1. The van der Waals surface area contributed by atoms with E-state index in [1.807, 2.05) is 32.9 Å². The first-order valence-electron chi connectivity index (χ1n) is 7.33. The maximum Gasteiger partial charge on any atom is 0.410 e. The summed E-state index contributed by atoms with van der Waals surface area (Å²) in [6.45, 7) is 7.81. The molecule has 1 aromatic rings.